The second kappa shape index (κ2) is 9.39. The van der Waals surface area contributed by atoms with Crippen molar-refractivity contribution in [3.63, 3.8) is 0 Å². The molecule has 0 bridgehead atoms. The van der Waals surface area contributed by atoms with Gasteiger partial charge in [-0.15, -0.1) is 0 Å². The summed E-state index contributed by atoms with van der Waals surface area (Å²) in [6.07, 6.45) is 1.50. The monoisotopic (exact) mass is 370 g/mol. The van der Waals surface area contributed by atoms with Crippen molar-refractivity contribution in [2.24, 2.45) is 0 Å². The van der Waals surface area contributed by atoms with E-state index in [0.29, 0.717) is 29.2 Å². The lowest BCUT2D eigenvalue weighted by Gasteiger charge is -2.11. The van der Waals surface area contributed by atoms with Gasteiger partial charge >= 0.3 is 0 Å². The smallest absolute Gasteiger partial charge is 0.257 e. The number of allylic oxidation sites excluding steroid dienone is 1. The highest BCUT2D eigenvalue weighted by Crippen LogP contribution is 2.29. The van der Waals surface area contributed by atoms with Gasteiger partial charge in [0.05, 0.1) is 7.11 Å². The van der Waals surface area contributed by atoms with Gasteiger partial charge in [0.15, 0.2) is 18.1 Å². The highest BCUT2D eigenvalue weighted by Gasteiger charge is 2.13. The largest absolute Gasteiger partial charge is 0.493 e. The van der Waals surface area contributed by atoms with Crippen molar-refractivity contribution in [1.29, 1.82) is 5.26 Å². The highest BCUT2D eigenvalue weighted by molar-refractivity contribution is 7.08. The first-order valence-electron chi connectivity index (χ1n) is 7.85. The number of rotatable bonds is 8. The lowest BCUT2D eigenvalue weighted by molar-refractivity contribution is -0.123. The number of thiophene rings is 1. The summed E-state index contributed by atoms with van der Waals surface area (Å²) < 4.78 is 10.7. The van der Waals surface area contributed by atoms with Gasteiger partial charge in [0, 0.05) is 17.5 Å². The van der Waals surface area contributed by atoms with E-state index >= 15 is 0 Å². The van der Waals surface area contributed by atoms with Crippen LogP contribution in [-0.2, 0) is 4.79 Å². The second-order valence-electron chi connectivity index (χ2n) is 5.16. The predicted molar refractivity (Wildman–Crippen MR) is 99.4 cm³/mol. The van der Waals surface area contributed by atoms with Crippen molar-refractivity contribution < 1.29 is 19.1 Å². The normalized spacial score (nSPS) is 10.7. The summed E-state index contributed by atoms with van der Waals surface area (Å²) in [6, 6.07) is 8.58. The Balaban J connectivity index is 2.21. The van der Waals surface area contributed by atoms with E-state index in [1.54, 1.807) is 35.0 Å². The molecular weight excluding hydrogens is 352 g/mol. The third-order valence-corrected chi connectivity index (χ3v) is 4.06. The summed E-state index contributed by atoms with van der Waals surface area (Å²) in [5.74, 6) is 0.248. The molecule has 0 aliphatic heterocycles. The van der Waals surface area contributed by atoms with Crippen molar-refractivity contribution in [2.45, 2.75) is 6.92 Å². The van der Waals surface area contributed by atoms with E-state index in [4.69, 9.17) is 9.47 Å². The van der Waals surface area contributed by atoms with Gasteiger partial charge in [-0.05, 0) is 42.1 Å². The van der Waals surface area contributed by atoms with Gasteiger partial charge in [0.1, 0.15) is 11.6 Å². The van der Waals surface area contributed by atoms with Crippen LogP contribution in [0.15, 0.2) is 40.6 Å². The van der Waals surface area contributed by atoms with Crippen LogP contribution in [0, 0.1) is 11.3 Å². The Morgan fingerprint density at radius 1 is 1.31 bits per heavy atom. The summed E-state index contributed by atoms with van der Waals surface area (Å²) in [7, 11) is 1.48. The minimum Gasteiger partial charge on any atom is -0.493 e. The first-order valence-corrected chi connectivity index (χ1v) is 8.79. The zero-order valence-corrected chi connectivity index (χ0v) is 15.3. The third-order valence-electron chi connectivity index (χ3n) is 3.38. The molecule has 1 aromatic carbocycles. The van der Waals surface area contributed by atoms with Crippen molar-refractivity contribution in [1.82, 2.24) is 5.32 Å². The van der Waals surface area contributed by atoms with Gasteiger partial charge in [0.2, 0.25) is 5.78 Å². The molecule has 0 fully saturated rings. The van der Waals surface area contributed by atoms with Gasteiger partial charge in [-0.2, -0.15) is 16.6 Å². The molecule has 7 heteroatoms. The Morgan fingerprint density at radius 2 is 2.12 bits per heavy atom. The highest BCUT2D eigenvalue weighted by atomic mass is 32.1. The number of carbonyl (C=O) groups is 2. The number of nitrogens with one attached hydrogen (secondary N) is 1. The van der Waals surface area contributed by atoms with E-state index in [0.717, 1.165) is 0 Å². The van der Waals surface area contributed by atoms with Gasteiger partial charge in [-0.1, -0.05) is 6.07 Å². The first-order chi connectivity index (χ1) is 12.6. The van der Waals surface area contributed by atoms with Gasteiger partial charge in [-0.25, -0.2) is 0 Å². The number of ether oxygens (including phenoxy) is 2. The van der Waals surface area contributed by atoms with Crippen LogP contribution in [0.1, 0.15) is 22.8 Å². The average Bonchev–Trinajstić information content (AvgIpc) is 3.19. The van der Waals surface area contributed by atoms with Crippen LogP contribution in [0.5, 0.6) is 11.5 Å². The van der Waals surface area contributed by atoms with Crippen molar-refractivity contribution in [3.05, 3.63) is 51.7 Å². The fourth-order valence-electron chi connectivity index (χ4n) is 2.15. The Kier molecular flexibility index (Phi) is 6.94. The number of carbonyl (C=O) groups excluding carboxylic acids is 2. The first kappa shape index (κ1) is 19.2. The summed E-state index contributed by atoms with van der Waals surface area (Å²) in [4.78, 5) is 23.8. The second-order valence-corrected chi connectivity index (χ2v) is 5.94. The number of methoxy groups -OCH3 is 1. The molecule has 134 valence electrons. The molecular formula is C19H18N2O4S. The van der Waals surface area contributed by atoms with E-state index in [9.17, 15) is 14.9 Å². The molecule has 0 unspecified atom stereocenters. The molecule has 26 heavy (non-hydrogen) atoms. The maximum absolute atomic E-state index is 12.3. The Labute approximate surface area is 155 Å². The summed E-state index contributed by atoms with van der Waals surface area (Å²) in [5, 5.41) is 15.4. The number of likely N-dealkylation sites (N-methyl/N-ethyl adjacent to an activating group) is 1. The van der Waals surface area contributed by atoms with Gasteiger partial charge in [-0.3, -0.25) is 9.59 Å². The molecule has 0 saturated carbocycles. The maximum atomic E-state index is 12.3. The van der Waals surface area contributed by atoms with Crippen LogP contribution in [-0.4, -0.2) is 32.0 Å². The fraction of sp³-hybridized carbons (Fsp3) is 0.211. The molecule has 1 N–H and O–H groups in total. The van der Waals surface area contributed by atoms with E-state index in [-0.39, 0.29) is 23.9 Å². The molecule has 6 nitrogen and oxygen atoms in total. The summed E-state index contributed by atoms with van der Waals surface area (Å²) >= 11 is 1.39. The summed E-state index contributed by atoms with van der Waals surface area (Å²) in [6.45, 7) is 2.22. The molecule has 1 heterocycles. The lowest BCUT2D eigenvalue weighted by Crippen LogP contribution is -2.28. The Bertz CT molecular complexity index is 851. The molecule has 1 aromatic heterocycles. The molecule has 0 aliphatic carbocycles. The van der Waals surface area contributed by atoms with Crippen LogP contribution < -0.4 is 14.8 Å². The van der Waals surface area contributed by atoms with Crippen molar-refractivity contribution >= 4 is 29.1 Å². The van der Waals surface area contributed by atoms with E-state index < -0.39 is 0 Å². The average molecular weight is 370 g/mol. The Hall–Kier alpha value is -3.11. The minimum absolute atomic E-state index is 0.0291. The maximum Gasteiger partial charge on any atom is 0.257 e. The van der Waals surface area contributed by atoms with Crippen molar-refractivity contribution in [2.75, 3.05) is 20.3 Å². The topological polar surface area (TPSA) is 88.4 Å². The van der Waals surface area contributed by atoms with Crippen LogP contribution >= 0.6 is 11.3 Å². The molecule has 0 spiro atoms. The fourth-order valence-corrected chi connectivity index (χ4v) is 2.79. The lowest BCUT2D eigenvalue weighted by atomic mass is 10.0. The Morgan fingerprint density at radius 3 is 2.73 bits per heavy atom. The van der Waals surface area contributed by atoms with Gasteiger partial charge in [0.25, 0.3) is 5.91 Å². The standard InChI is InChI=1S/C19H18N2O4S/c1-3-21-18(22)11-25-16-5-4-13(9-17(16)24-2)8-15(10-20)19(23)14-6-7-26-12-14/h4-9,12H,3,11H2,1-2H3,(H,21,22). The number of hydrogen-bond donors (Lipinski definition) is 1. The SMILES string of the molecule is CCNC(=O)COc1ccc(C=C(C#N)C(=O)c2ccsc2)cc1OC. The van der Waals surface area contributed by atoms with Crippen LogP contribution in [0.2, 0.25) is 0 Å². The number of hydrogen-bond acceptors (Lipinski definition) is 6. The molecule has 2 aromatic rings. The van der Waals surface area contributed by atoms with Crippen LogP contribution in [0.3, 0.4) is 0 Å². The third kappa shape index (κ3) is 4.94. The predicted octanol–water partition coefficient (Wildman–Crippen LogP) is 3.06. The molecule has 0 aliphatic rings. The molecule has 1 amide bonds. The molecule has 2 rings (SSSR count). The number of ketones is 1. The van der Waals surface area contributed by atoms with Gasteiger partial charge < -0.3 is 14.8 Å². The van der Waals surface area contributed by atoms with E-state index in [2.05, 4.69) is 5.32 Å². The minimum atomic E-state index is -0.329. The number of nitrogens with zero attached hydrogens (tertiary/aromatic N) is 1. The van der Waals surface area contributed by atoms with Crippen LogP contribution in [0.25, 0.3) is 6.08 Å². The van der Waals surface area contributed by atoms with E-state index in [1.165, 1.54) is 24.5 Å². The molecule has 0 atom stereocenters. The quantitative estimate of drug-likeness (QED) is 0.438. The number of Topliss-reactive ketones (excluding diaryl/α,β-unsaturated/α-hetero) is 1. The number of benzene rings is 1. The molecule has 0 saturated heterocycles. The van der Waals surface area contributed by atoms with Crippen molar-refractivity contribution in [3.8, 4) is 17.6 Å². The van der Waals surface area contributed by atoms with Crippen LogP contribution in [0.4, 0.5) is 0 Å². The van der Waals surface area contributed by atoms with E-state index in [1.807, 2.05) is 13.0 Å². The summed E-state index contributed by atoms with van der Waals surface area (Å²) in [5.41, 5.74) is 1.13. The zero-order valence-electron chi connectivity index (χ0n) is 14.4. The number of nitriles is 1. The zero-order chi connectivity index (χ0) is 18.9. The molecule has 0 radical (unpaired) electrons. The number of amides is 1.